The summed E-state index contributed by atoms with van der Waals surface area (Å²) in [5.74, 6) is -1.23. The number of carbonyl (C=O) groups excluding carboxylic acids is 4. The van der Waals surface area contributed by atoms with E-state index >= 15 is 0 Å². The highest BCUT2D eigenvalue weighted by atomic mass is 16.3. The van der Waals surface area contributed by atoms with Crippen LogP contribution in [-0.2, 0) is 25.6 Å². The van der Waals surface area contributed by atoms with Crippen molar-refractivity contribution < 1.29 is 24.3 Å². The number of hydrogen-bond acceptors (Lipinski definition) is 5. The molecular formula is C27H44N4O5. The molecule has 0 saturated carbocycles. The molecule has 1 rings (SSSR count). The van der Waals surface area contributed by atoms with E-state index in [-0.39, 0.29) is 35.8 Å². The first-order valence-corrected chi connectivity index (χ1v) is 13.1. The molecule has 0 aliphatic rings. The molecule has 9 nitrogen and oxygen atoms in total. The van der Waals surface area contributed by atoms with Crippen molar-refractivity contribution in [1.82, 2.24) is 16.0 Å². The van der Waals surface area contributed by atoms with Crippen LogP contribution in [0.15, 0.2) is 24.3 Å². The van der Waals surface area contributed by atoms with Crippen molar-refractivity contribution in [3.63, 3.8) is 0 Å². The Labute approximate surface area is 215 Å². The molecule has 0 bridgehead atoms. The van der Waals surface area contributed by atoms with E-state index in [1.807, 2.05) is 13.8 Å². The van der Waals surface area contributed by atoms with E-state index in [1.165, 1.54) is 12.1 Å². The van der Waals surface area contributed by atoms with Gasteiger partial charge in [-0.05, 0) is 42.9 Å². The Morgan fingerprint density at radius 3 is 2.17 bits per heavy atom. The Bertz CT molecular complexity index is 828. The number of primary amides is 1. The second kappa shape index (κ2) is 17.3. The van der Waals surface area contributed by atoms with Gasteiger partial charge in [0, 0.05) is 25.8 Å². The quantitative estimate of drug-likeness (QED) is 0.195. The lowest BCUT2D eigenvalue weighted by atomic mass is 9.97. The third kappa shape index (κ3) is 12.6. The predicted molar refractivity (Wildman–Crippen MR) is 140 cm³/mol. The molecule has 202 valence electrons. The van der Waals surface area contributed by atoms with Gasteiger partial charge in [-0.25, -0.2) is 0 Å². The molecule has 0 spiro atoms. The van der Waals surface area contributed by atoms with E-state index in [2.05, 4.69) is 22.9 Å². The second-order valence-electron chi connectivity index (χ2n) is 9.39. The number of nitrogens with two attached hydrogens (primary N) is 1. The van der Waals surface area contributed by atoms with Crippen LogP contribution in [0.1, 0.15) is 84.1 Å². The summed E-state index contributed by atoms with van der Waals surface area (Å²) < 4.78 is 0. The van der Waals surface area contributed by atoms with Gasteiger partial charge in [-0.1, -0.05) is 58.6 Å². The first kappa shape index (κ1) is 30.9. The molecule has 0 aromatic heterocycles. The molecule has 0 radical (unpaired) electrons. The number of unbranched alkanes of at least 4 members (excludes halogenated alkanes) is 4. The zero-order valence-electron chi connectivity index (χ0n) is 22.0. The number of nitrogens with one attached hydrogen (secondary N) is 3. The summed E-state index contributed by atoms with van der Waals surface area (Å²) in [6.07, 6.45) is 6.39. The van der Waals surface area contributed by atoms with Gasteiger partial charge >= 0.3 is 0 Å². The molecule has 3 atom stereocenters. The summed E-state index contributed by atoms with van der Waals surface area (Å²) in [7, 11) is 0. The minimum absolute atomic E-state index is 0.113. The van der Waals surface area contributed by atoms with Crippen LogP contribution in [-0.4, -0.2) is 47.4 Å². The van der Waals surface area contributed by atoms with E-state index in [4.69, 9.17) is 5.73 Å². The molecule has 0 heterocycles. The predicted octanol–water partition coefficient (Wildman–Crippen LogP) is 2.69. The van der Waals surface area contributed by atoms with E-state index in [1.54, 1.807) is 12.1 Å². The zero-order chi connectivity index (χ0) is 26.9. The molecule has 1 aromatic rings. The van der Waals surface area contributed by atoms with Crippen molar-refractivity contribution in [2.45, 2.75) is 97.1 Å². The maximum atomic E-state index is 13.3. The SMILES string of the molecule is CCCCCC(=O)NC(Cc1ccc(O)cc1)C(=O)NC(C(=O)NCCCCCC(N)=O)[C@@H](C)CC. The van der Waals surface area contributed by atoms with Crippen LogP contribution in [0, 0.1) is 5.92 Å². The van der Waals surface area contributed by atoms with Crippen molar-refractivity contribution in [2.24, 2.45) is 11.7 Å². The Kier molecular flexibility index (Phi) is 14.9. The first-order chi connectivity index (χ1) is 17.2. The van der Waals surface area contributed by atoms with E-state index < -0.39 is 18.0 Å². The highest BCUT2D eigenvalue weighted by Crippen LogP contribution is 2.13. The third-order valence-electron chi connectivity index (χ3n) is 6.23. The van der Waals surface area contributed by atoms with Crippen LogP contribution in [0.2, 0.25) is 0 Å². The number of benzene rings is 1. The molecular weight excluding hydrogens is 460 g/mol. The lowest BCUT2D eigenvalue weighted by molar-refractivity contribution is -0.133. The van der Waals surface area contributed by atoms with Gasteiger partial charge in [0.05, 0.1) is 0 Å². The topological polar surface area (TPSA) is 151 Å². The highest BCUT2D eigenvalue weighted by molar-refractivity contribution is 5.92. The van der Waals surface area contributed by atoms with Crippen molar-refractivity contribution >= 4 is 23.6 Å². The minimum Gasteiger partial charge on any atom is -0.508 e. The van der Waals surface area contributed by atoms with Crippen LogP contribution in [0.25, 0.3) is 0 Å². The minimum atomic E-state index is -0.850. The first-order valence-electron chi connectivity index (χ1n) is 13.1. The molecule has 4 amide bonds. The van der Waals surface area contributed by atoms with Crippen molar-refractivity contribution in [1.29, 1.82) is 0 Å². The number of rotatable bonds is 18. The number of phenolic OH excluding ortho intramolecular Hbond substituents is 1. The summed E-state index contributed by atoms with van der Waals surface area (Å²) in [5, 5.41) is 18.1. The van der Waals surface area contributed by atoms with Gasteiger partial charge in [-0.2, -0.15) is 0 Å². The van der Waals surface area contributed by atoms with Gasteiger partial charge < -0.3 is 26.8 Å². The van der Waals surface area contributed by atoms with Gasteiger partial charge in [0.2, 0.25) is 23.6 Å². The van der Waals surface area contributed by atoms with Crippen LogP contribution >= 0.6 is 0 Å². The van der Waals surface area contributed by atoms with Crippen LogP contribution in [0.3, 0.4) is 0 Å². The molecule has 2 unspecified atom stereocenters. The Morgan fingerprint density at radius 2 is 1.56 bits per heavy atom. The van der Waals surface area contributed by atoms with Gasteiger partial charge in [0.25, 0.3) is 0 Å². The van der Waals surface area contributed by atoms with Crippen LogP contribution in [0.4, 0.5) is 0 Å². The maximum Gasteiger partial charge on any atom is 0.243 e. The van der Waals surface area contributed by atoms with E-state index in [9.17, 15) is 24.3 Å². The smallest absolute Gasteiger partial charge is 0.243 e. The molecule has 0 saturated heterocycles. The lowest BCUT2D eigenvalue weighted by Crippen LogP contribution is -2.56. The Balaban J connectivity index is 2.84. The van der Waals surface area contributed by atoms with Crippen molar-refractivity contribution in [2.75, 3.05) is 6.54 Å². The number of amides is 4. The van der Waals surface area contributed by atoms with E-state index in [0.29, 0.717) is 38.6 Å². The molecule has 0 fully saturated rings. The fourth-order valence-electron chi connectivity index (χ4n) is 3.76. The van der Waals surface area contributed by atoms with Crippen LogP contribution in [0.5, 0.6) is 5.75 Å². The van der Waals surface area contributed by atoms with Gasteiger partial charge in [0.15, 0.2) is 0 Å². The normalized spacial score (nSPS) is 13.3. The maximum absolute atomic E-state index is 13.3. The van der Waals surface area contributed by atoms with Gasteiger partial charge in [-0.3, -0.25) is 19.2 Å². The van der Waals surface area contributed by atoms with Crippen molar-refractivity contribution in [3.8, 4) is 5.75 Å². The van der Waals surface area contributed by atoms with Crippen molar-refractivity contribution in [3.05, 3.63) is 29.8 Å². The number of carbonyl (C=O) groups is 4. The third-order valence-corrected chi connectivity index (χ3v) is 6.23. The average Bonchev–Trinajstić information content (AvgIpc) is 2.84. The molecule has 6 N–H and O–H groups in total. The number of phenols is 1. The average molecular weight is 505 g/mol. The summed E-state index contributed by atoms with van der Waals surface area (Å²) in [6, 6.07) is 4.88. The zero-order valence-corrected chi connectivity index (χ0v) is 22.0. The highest BCUT2D eigenvalue weighted by Gasteiger charge is 2.29. The molecule has 9 heteroatoms. The van der Waals surface area contributed by atoms with Gasteiger partial charge in [-0.15, -0.1) is 0 Å². The fraction of sp³-hybridized carbons (Fsp3) is 0.630. The van der Waals surface area contributed by atoms with Gasteiger partial charge in [0.1, 0.15) is 17.8 Å². The fourth-order valence-corrected chi connectivity index (χ4v) is 3.76. The lowest BCUT2D eigenvalue weighted by Gasteiger charge is -2.26. The number of aromatic hydroxyl groups is 1. The second-order valence-corrected chi connectivity index (χ2v) is 9.39. The summed E-state index contributed by atoms with van der Waals surface area (Å²) in [6.45, 7) is 6.34. The Morgan fingerprint density at radius 1 is 0.889 bits per heavy atom. The Hall–Kier alpha value is -3.10. The standard InChI is InChI=1S/C27H44N4O5/c1-4-6-8-12-24(34)30-22(18-20-13-15-21(32)16-14-20)26(35)31-25(19(3)5-2)27(36)29-17-10-7-9-11-23(28)33/h13-16,19,22,25,32H,4-12,17-18H2,1-3H3,(H2,28,33)(H,29,36)(H,30,34)(H,31,35)/t19-,22?,25?/m0/s1. The molecule has 0 aliphatic heterocycles. The number of hydrogen-bond donors (Lipinski definition) is 5. The largest absolute Gasteiger partial charge is 0.508 e. The summed E-state index contributed by atoms with van der Waals surface area (Å²) in [5.41, 5.74) is 5.92. The summed E-state index contributed by atoms with van der Waals surface area (Å²) in [4.78, 5) is 49.6. The monoisotopic (exact) mass is 504 g/mol. The molecule has 0 aliphatic carbocycles. The molecule has 1 aromatic carbocycles. The van der Waals surface area contributed by atoms with Crippen LogP contribution < -0.4 is 21.7 Å². The van der Waals surface area contributed by atoms with E-state index in [0.717, 1.165) is 31.2 Å². The summed E-state index contributed by atoms with van der Waals surface area (Å²) >= 11 is 0. The molecule has 36 heavy (non-hydrogen) atoms.